The van der Waals surface area contributed by atoms with Crippen LogP contribution in [0, 0.1) is 6.92 Å². The van der Waals surface area contributed by atoms with Crippen LogP contribution in [0.1, 0.15) is 22.8 Å². The van der Waals surface area contributed by atoms with Crippen molar-refractivity contribution in [3.8, 4) is 5.75 Å². The van der Waals surface area contributed by atoms with Crippen molar-refractivity contribution in [2.45, 2.75) is 13.8 Å². The molecule has 1 rings (SSSR count). The molecule has 3 heteroatoms. The fraction of sp³-hybridized carbons (Fsp3) is 0.300. The molecule has 0 aliphatic rings. The van der Waals surface area contributed by atoms with Gasteiger partial charge in [-0.25, -0.2) is 0 Å². The first-order valence-electron chi connectivity index (χ1n) is 3.80. The molecule has 0 aromatic heterocycles. The maximum Gasteiger partial charge on any atom is 0.159 e. The minimum absolute atomic E-state index is 0. The van der Waals surface area contributed by atoms with Gasteiger partial charge in [0.25, 0.3) is 0 Å². The van der Waals surface area contributed by atoms with Crippen molar-refractivity contribution in [3.05, 3.63) is 29.3 Å². The zero-order valence-electron chi connectivity index (χ0n) is 8.05. The Balaban J connectivity index is 0.00000144. The SMILES string of the molecule is COc1ccc(C(C)=O)cc1C.O. The van der Waals surface area contributed by atoms with Crippen LogP contribution in [0.25, 0.3) is 0 Å². The van der Waals surface area contributed by atoms with Crippen LogP contribution in [0.15, 0.2) is 18.2 Å². The zero-order chi connectivity index (χ0) is 9.14. The molecule has 0 aliphatic carbocycles. The molecule has 0 saturated heterocycles. The van der Waals surface area contributed by atoms with Gasteiger partial charge in [-0.1, -0.05) is 0 Å². The van der Waals surface area contributed by atoms with Crippen LogP contribution in [-0.4, -0.2) is 18.4 Å². The van der Waals surface area contributed by atoms with Crippen molar-refractivity contribution >= 4 is 5.78 Å². The summed E-state index contributed by atoms with van der Waals surface area (Å²) in [6.07, 6.45) is 0. The van der Waals surface area contributed by atoms with Crippen LogP contribution in [-0.2, 0) is 0 Å². The Morgan fingerprint density at radius 3 is 2.38 bits per heavy atom. The van der Waals surface area contributed by atoms with Crippen molar-refractivity contribution in [2.75, 3.05) is 7.11 Å². The van der Waals surface area contributed by atoms with Crippen LogP contribution in [0.3, 0.4) is 0 Å². The van der Waals surface area contributed by atoms with Crippen molar-refractivity contribution in [3.63, 3.8) is 0 Å². The number of rotatable bonds is 2. The van der Waals surface area contributed by atoms with Crippen molar-refractivity contribution in [1.29, 1.82) is 0 Å². The Bertz CT molecular complexity index is 305. The second-order valence-corrected chi connectivity index (χ2v) is 2.74. The van der Waals surface area contributed by atoms with Crippen LogP contribution in [0.2, 0.25) is 0 Å². The summed E-state index contributed by atoms with van der Waals surface area (Å²) in [5.74, 6) is 0.903. The Morgan fingerprint density at radius 1 is 1.38 bits per heavy atom. The molecule has 0 radical (unpaired) electrons. The number of hydrogen-bond donors (Lipinski definition) is 0. The summed E-state index contributed by atoms with van der Waals surface area (Å²) in [6.45, 7) is 3.48. The molecule has 0 atom stereocenters. The summed E-state index contributed by atoms with van der Waals surface area (Å²) in [4.78, 5) is 11.0. The molecular weight excluding hydrogens is 168 g/mol. The Kier molecular flexibility index (Phi) is 4.14. The smallest absolute Gasteiger partial charge is 0.159 e. The summed E-state index contributed by atoms with van der Waals surface area (Å²) < 4.78 is 5.07. The molecule has 0 amide bonds. The number of benzene rings is 1. The monoisotopic (exact) mass is 182 g/mol. The molecule has 72 valence electrons. The third-order valence-corrected chi connectivity index (χ3v) is 1.80. The number of hydrogen-bond acceptors (Lipinski definition) is 2. The lowest BCUT2D eigenvalue weighted by Gasteiger charge is -2.04. The van der Waals surface area contributed by atoms with Crippen molar-refractivity contribution in [1.82, 2.24) is 0 Å². The molecule has 0 spiro atoms. The highest BCUT2D eigenvalue weighted by Crippen LogP contribution is 2.18. The van der Waals surface area contributed by atoms with Crippen LogP contribution in [0.4, 0.5) is 0 Å². The normalized spacial score (nSPS) is 8.85. The second-order valence-electron chi connectivity index (χ2n) is 2.74. The molecule has 0 unspecified atom stereocenters. The quantitative estimate of drug-likeness (QED) is 0.649. The molecule has 1 aromatic carbocycles. The number of carbonyl (C=O) groups is 1. The lowest BCUT2D eigenvalue weighted by Crippen LogP contribution is -1.94. The predicted molar refractivity (Wildman–Crippen MR) is 51.3 cm³/mol. The summed E-state index contributed by atoms with van der Waals surface area (Å²) in [7, 11) is 1.62. The number of carbonyl (C=O) groups excluding carboxylic acids is 1. The highest BCUT2D eigenvalue weighted by Gasteiger charge is 2.02. The van der Waals surface area contributed by atoms with E-state index in [1.807, 2.05) is 19.1 Å². The lowest BCUT2D eigenvalue weighted by atomic mass is 10.1. The summed E-state index contributed by atoms with van der Waals surface area (Å²) in [5.41, 5.74) is 1.72. The van der Waals surface area contributed by atoms with E-state index in [1.54, 1.807) is 20.1 Å². The van der Waals surface area contributed by atoms with E-state index in [0.29, 0.717) is 0 Å². The second kappa shape index (κ2) is 4.62. The molecule has 0 fully saturated rings. The number of ether oxygens (including phenoxy) is 1. The number of ketones is 1. The molecule has 0 saturated carbocycles. The van der Waals surface area contributed by atoms with Gasteiger partial charge in [-0.15, -0.1) is 0 Å². The van der Waals surface area contributed by atoms with Crippen LogP contribution >= 0.6 is 0 Å². The Labute approximate surface area is 77.6 Å². The largest absolute Gasteiger partial charge is 0.496 e. The summed E-state index contributed by atoms with van der Waals surface area (Å²) in [5, 5.41) is 0. The fourth-order valence-corrected chi connectivity index (χ4v) is 1.10. The molecule has 2 N–H and O–H groups in total. The maximum atomic E-state index is 11.0. The topological polar surface area (TPSA) is 57.8 Å². The molecule has 1 aromatic rings. The van der Waals surface area contributed by atoms with Gasteiger partial charge in [-0.2, -0.15) is 0 Å². The van der Waals surface area contributed by atoms with Crippen LogP contribution in [0.5, 0.6) is 5.75 Å². The third kappa shape index (κ3) is 2.56. The maximum absolute atomic E-state index is 11.0. The van der Waals surface area contributed by atoms with Gasteiger partial charge in [0.2, 0.25) is 0 Å². The first kappa shape index (κ1) is 11.6. The molecule has 0 heterocycles. The van der Waals surface area contributed by atoms with E-state index in [2.05, 4.69) is 0 Å². The number of aryl methyl sites for hydroxylation is 1. The molecule has 0 aliphatic heterocycles. The molecular formula is C10H14O3. The number of Topliss-reactive ketones (excluding diaryl/α,β-unsaturated/α-hetero) is 1. The minimum atomic E-state index is 0. The van der Waals surface area contributed by atoms with Gasteiger partial charge in [0.1, 0.15) is 5.75 Å². The zero-order valence-corrected chi connectivity index (χ0v) is 8.05. The van der Waals surface area contributed by atoms with E-state index < -0.39 is 0 Å². The highest BCUT2D eigenvalue weighted by atomic mass is 16.5. The highest BCUT2D eigenvalue weighted by molar-refractivity contribution is 5.94. The van der Waals surface area contributed by atoms with E-state index in [9.17, 15) is 4.79 Å². The molecule has 3 nitrogen and oxygen atoms in total. The van der Waals surface area contributed by atoms with Gasteiger partial charge in [0.05, 0.1) is 7.11 Å². The van der Waals surface area contributed by atoms with E-state index in [4.69, 9.17) is 4.74 Å². The summed E-state index contributed by atoms with van der Waals surface area (Å²) in [6, 6.07) is 5.42. The van der Waals surface area contributed by atoms with E-state index in [1.165, 1.54) is 0 Å². The van der Waals surface area contributed by atoms with Gasteiger partial charge in [-0.05, 0) is 37.6 Å². The minimum Gasteiger partial charge on any atom is -0.496 e. The number of methoxy groups -OCH3 is 1. The average molecular weight is 182 g/mol. The van der Waals surface area contributed by atoms with Gasteiger partial charge >= 0.3 is 0 Å². The lowest BCUT2D eigenvalue weighted by molar-refractivity contribution is 0.101. The fourth-order valence-electron chi connectivity index (χ4n) is 1.10. The van der Waals surface area contributed by atoms with Gasteiger partial charge < -0.3 is 10.2 Å². The third-order valence-electron chi connectivity index (χ3n) is 1.80. The van der Waals surface area contributed by atoms with Crippen molar-refractivity contribution < 1.29 is 15.0 Å². The first-order chi connectivity index (χ1) is 5.65. The van der Waals surface area contributed by atoms with Crippen molar-refractivity contribution in [2.24, 2.45) is 0 Å². The summed E-state index contributed by atoms with van der Waals surface area (Å²) >= 11 is 0. The van der Waals surface area contributed by atoms with Gasteiger partial charge in [-0.3, -0.25) is 4.79 Å². The first-order valence-corrected chi connectivity index (χ1v) is 3.80. The van der Waals surface area contributed by atoms with E-state index in [-0.39, 0.29) is 11.3 Å². The Hall–Kier alpha value is -1.35. The van der Waals surface area contributed by atoms with E-state index in [0.717, 1.165) is 16.9 Å². The van der Waals surface area contributed by atoms with E-state index >= 15 is 0 Å². The Morgan fingerprint density at radius 2 is 2.00 bits per heavy atom. The molecule has 0 bridgehead atoms. The molecule has 13 heavy (non-hydrogen) atoms. The van der Waals surface area contributed by atoms with Crippen LogP contribution < -0.4 is 4.74 Å². The van der Waals surface area contributed by atoms with Gasteiger partial charge in [0.15, 0.2) is 5.78 Å². The average Bonchev–Trinajstić information content (AvgIpc) is 2.04. The van der Waals surface area contributed by atoms with Gasteiger partial charge in [0, 0.05) is 5.56 Å². The predicted octanol–water partition coefficient (Wildman–Crippen LogP) is 1.38. The standard InChI is InChI=1S/C10H12O2.H2O/c1-7-6-9(8(2)11)4-5-10(7)12-3;/h4-6H,1-3H3;1H2.